The number of fused-ring (bicyclic) bond motifs is 2. The molecule has 154 valence electrons. The molecule has 31 heavy (non-hydrogen) atoms. The maximum atomic E-state index is 14.2. The molecule has 0 saturated heterocycles. The second-order valence-electron chi connectivity index (χ2n) is 8.31. The number of carbonyl (C=O) groups excluding carboxylic acids is 2. The molecule has 1 aliphatic heterocycles. The molecular formula is C27H22FNO2. The predicted molar refractivity (Wildman–Crippen MR) is 118 cm³/mol. The van der Waals surface area contributed by atoms with Gasteiger partial charge in [-0.2, -0.15) is 0 Å². The summed E-state index contributed by atoms with van der Waals surface area (Å²) in [6.45, 7) is 2.29. The number of hydrogen-bond acceptors (Lipinski definition) is 2. The average Bonchev–Trinajstić information content (AvgIpc) is 3.01. The maximum Gasteiger partial charge on any atom is 0.242 e. The highest BCUT2D eigenvalue weighted by atomic mass is 19.1. The zero-order valence-corrected chi connectivity index (χ0v) is 17.2. The van der Waals surface area contributed by atoms with Crippen molar-refractivity contribution in [1.82, 2.24) is 0 Å². The zero-order valence-electron chi connectivity index (χ0n) is 17.2. The Labute approximate surface area is 180 Å². The van der Waals surface area contributed by atoms with E-state index in [1.54, 1.807) is 12.1 Å². The quantitative estimate of drug-likeness (QED) is 0.586. The zero-order chi connectivity index (χ0) is 21.6. The lowest BCUT2D eigenvalue weighted by Gasteiger charge is -2.40. The molecular weight excluding hydrogens is 389 g/mol. The van der Waals surface area contributed by atoms with Crippen molar-refractivity contribution in [3.63, 3.8) is 0 Å². The molecule has 0 bridgehead atoms. The van der Waals surface area contributed by atoms with Crippen LogP contribution in [0.3, 0.4) is 0 Å². The van der Waals surface area contributed by atoms with Gasteiger partial charge in [-0.3, -0.25) is 9.59 Å². The largest absolute Gasteiger partial charge is 0.307 e. The van der Waals surface area contributed by atoms with Crippen molar-refractivity contribution in [3.8, 4) is 0 Å². The van der Waals surface area contributed by atoms with E-state index in [-0.39, 0.29) is 23.9 Å². The Morgan fingerprint density at radius 1 is 0.968 bits per heavy atom. The average molecular weight is 411 g/mol. The fourth-order valence-corrected chi connectivity index (χ4v) is 5.26. The number of ketones is 1. The van der Waals surface area contributed by atoms with Gasteiger partial charge in [0.2, 0.25) is 5.91 Å². The highest BCUT2D eigenvalue weighted by Crippen LogP contribution is 2.57. The van der Waals surface area contributed by atoms with Crippen molar-refractivity contribution >= 4 is 17.4 Å². The monoisotopic (exact) mass is 411 g/mol. The highest BCUT2D eigenvalue weighted by Gasteiger charge is 2.58. The third-order valence-corrected chi connectivity index (χ3v) is 6.56. The predicted octanol–water partition coefficient (Wildman–Crippen LogP) is 5.31. The maximum absolute atomic E-state index is 14.2. The van der Waals surface area contributed by atoms with Crippen LogP contribution < -0.4 is 4.90 Å². The van der Waals surface area contributed by atoms with Crippen LogP contribution in [0.5, 0.6) is 0 Å². The Bertz CT molecular complexity index is 1220. The standard InChI is InChI=1S/C27H22FNO2/c1-18-14-22(30)16-24(20-10-7-11-21(28)15-20)27(18)23-12-5-6-13-25(23)29(26(27)31)17-19-8-3-2-4-9-19/h2-15,24H,16-17H2,1H3/t24-,27+/m1/s1. The summed E-state index contributed by atoms with van der Waals surface area (Å²) in [5, 5.41) is 0. The van der Waals surface area contributed by atoms with Crippen LogP contribution in [0.4, 0.5) is 10.1 Å². The molecule has 4 heteroatoms. The van der Waals surface area contributed by atoms with Gasteiger partial charge in [0, 0.05) is 18.0 Å². The number of rotatable bonds is 3. The van der Waals surface area contributed by atoms with Gasteiger partial charge < -0.3 is 4.90 Å². The smallest absolute Gasteiger partial charge is 0.242 e. The number of carbonyl (C=O) groups is 2. The molecule has 0 fully saturated rings. The van der Waals surface area contributed by atoms with E-state index in [2.05, 4.69) is 0 Å². The van der Waals surface area contributed by atoms with Gasteiger partial charge >= 0.3 is 0 Å². The molecule has 0 unspecified atom stereocenters. The summed E-state index contributed by atoms with van der Waals surface area (Å²) in [6, 6.07) is 23.9. The van der Waals surface area contributed by atoms with Crippen LogP contribution >= 0.6 is 0 Å². The van der Waals surface area contributed by atoms with Crippen molar-refractivity contribution in [2.24, 2.45) is 0 Å². The summed E-state index contributed by atoms with van der Waals surface area (Å²) in [4.78, 5) is 28.6. The normalized spacial score (nSPS) is 22.6. The van der Waals surface area contributed by atoms with E-state index in [9.17, 15) is 14.0 Å². The van der Waals surface area contributed by atoms with E-state index in [1.807, 2.05) is 72.5 Å². The van der Waals surface area contributed by atoms with Crippen molar-refractivity contribution in [1.29, 1.82) is 0 Å². The number of anilines is 1. The van der Waals surface area contributed by atoms with E-state index in [4.69, 9.17) is 0 Å². The number of hydrogen-bond donors (Lipinski definition) is 0. The van der Waals surface area contributed by atoms with E-state index in [0.29, 0.717) is 17.7 Å². The first kappa shape index (κ1) is 19.4. The Morgan fingerprint density at radius 2 is 1.71 bits per heavy atom. The molecule has 1 aliphatic carbocycles. The fraction of sp³-hybridized carbons (Fsp3) is 0.185. The van der Waals surface area contributed by atoms with Gasteiger partial charge in [-0.25, -0.2) is 4.39 Å². The molecule has 0 N–H and O–H groups in total. The summed E-state index contributed by atoms with van der Waals surface area (Å²) in [5.41, 5.74) is 3.12. The number of para-hydroxylation sites is 1. The SMILES string of the molecule is CC1=CC(=O)C[C@H](c2cccc(F)c2)[C@]12C(=O)N(Cc1ccccc1)c1ccccc12. The van der Waals surface area contributed by atoms with Crippen LogP contribution in [0.2, 0.25) is 0 Å². The molecule has 3 aromatic carbocycles. The van der Waals surface area contributed by atoms with Crippen molar-refractivity contribution in [2.75, 3.05) is 4.90 Å². The van der Waals surface area contributed by atoms with E-state index < -0.39 is 11.3 Å². The summed E-state index contributed by atoms with van der Waals surface area (Å²) >= 11 is 0. The molecule has 3 aromatic rings. The molecule has 0 saturated carbocycles. The van der Waals surface area contributed by atoms with Gasteiger partial charge in [0.15, 0.2) is 5.78 Å². The first-order valence-corrected chi connectivity index (χ1v) is 10.4. The number of benzene rings is 3. The highest BCUT2D eigenvalue weighted by molar-refractivity contribution is 6.13. The molecule has 1 heterocycles. The minimum Gasteiger partial charge on any atom is -0.307 e. The Balaban J connectivity index is 1.72. The van der Waals surface area contributed by atoms with Crippen LogP contribution in [0.15, 0.2) is 90.5 Å². The van der Waals surface area contributed by atoms with Gasteiger partial charge in [0.1, 0.15) is 11.2 Å². The lowest BCUT2D eigenvalue weighted by Crippen LogP contribution is -2.48. The summed E-state index contributed by atoms with van der Waals surface area (Å²) < 4.78 is 14.2. The number of allylic oxidation sites excluding steroid dienone is 1. The molecule has 5 rings (SSSR count). The van der Waals surface area contributed by atoms with E-state index >= 15 is 0 Å². The first-order chi connectivity index (χ1) is 15.0. The topological polar surface area (TPSA) is 37.4 Å². The van der Waals surface area contributed by atoms with E-state index in [0.717, 1.165) is 16.8 Å². The summed E-state index contributed by atoms with van der Waals surface area (Å²) in [6.07, 6.45) is 1.76. The number of nitrogens with zero attached hydrogens (tertiary/aromatic N) is 1. The van der Waals surface area contributed by atoms with Gasteiger partial charge in [0.05, 0.1) is 6.54 Å². The van der Waals surface area contributed by atoms with Gasteiger partial charge in [-0.1, -0.05) is 60.7 Å². The van der Waals surface area contributed by atoms with Gasteiger partial charge in [0.25, 0.3) is 0 Å². The second kappa shape index (κ2) is 7.31. The fourth-order valence-electron chi connectivity index (χ4n) is 5.26. The molecule has 2 aliphatic rings. The first-order valence-electron chi connectivity index (χ1n) is 10.4. The summed E-state index contributed by atoms with van der Waals surface area (Å²) in [7, 11) is 0. The molecule has 1 spiro atoms. The van der Waals surface area contributed by atoms with E-state index in [1.165, 1.54) is 12.1 Å². The molecule has 0 radical (unpaired) electrons. The van der Waals surface area contributed by atoms with Crippen molar-refractivity contribution in [2.45, 2.75) is 31.2 Å². The lowest BCUT2D eigenvalue weighted by molar-refractivity contribution is -0.124. The van der Waals surface area contributed by atoms with Crippen LogP contribution in [-0.4, -0.2) is 11.7 Å². The Hall–Kier alpha value is -3.53. The van der Waals surface area contributed by atoms with Crippen molar-refractivity contribution < 1.29 is 14.0 Å². The number of halogens is 1. The van der Waals surface area contributed by atoms with Crippen LogP contribution in [0.1, 0.15) is 36.0 Å². The van der Waals surface area contributed by atoms with Gasteiger partial charge in [-0.05, 0) is 53.5 Å². The van der Waals surface area contributed by atoms with Crippen LogP contribution in [0.25, 0.3) is 0 Å². The minimum absolute atomic E-state index is 0.0378. The van der Waals surface area contributed by atoms with Crippen LogP contribution in [-0.2, 0) is 21.5 Å². The number of amides is 1. The molecule has 3 nitrogen and oxygen atoms in total. The third-order valence-electron chi connectivity index (χ3n) is 6.56. The lowest BCUT2D eigenvalue weighted by atomic mass is 9.60. The van der Waals surface area contributed by atoms with Crippen molar-refractivity contribution in [3.05, 3.63) is 113 Å². The third kappa shape index (κ3) is 2.94. The minimum atomic E-state index is -1.02. The Kier molecular flexibility index (Phi) is 4.58. The Morgan fingerprint density at radius 3 is 2.48 bits per heavy atom. The second-order valence-corrected chi connectivity index (χ2v) is 8.31. The van der Waals surface area contributed by atoms with Gasteiger partial charge in [-0.15, -0.1) is 0 Å². The summed E-state index contributed by atoms with van der Waals surface area (Å²) in [5.74, 6) is -0.931. The molecule has 0 aromatic heterocycles. The van der Waals surface area contributed by atoms with Crippen LogP contribution in [0, 0.1) is 5.82 Å². The molecule has 1 amide bonds. The molecule has 2 atom stereocenters.